The van der Waals surface area contributed by atoms with Gasteiger partial charge < -0.3 is 19.4 Å². The van der Waals surface area contributed by atoms with Gasteiger partial charge in [-0.3, -0.25) is 18.6 Å². The average molecular weight is 1080 g/mol. The van der Waals surface area contributed by atoms with Crippen LogP contribution in [0, 0.1) is 0 Å². The number of nitrogens with one attached hydrogen (secondary N) is 1. The van der Waals surface area contributed by atoms with E-state index in [1.165, 1.54) is 193 Å². The van der Waals surface area contributed by atoms with Crippen LogP contribution in [0.25, 0.3) is 0 Å². The first-order valence-electron chi connectivity index (χ1n) is 32.0. The molecule has 9 nitrogen and oxygen atoms in total. The molecule has 0 aliphatic rings. The van der Waals surface area contributed by atoms with Crippen LogP contribution < -0.4 is 5.32 Å². The molecule has 0 spiro atoms. The Morgan fingerprint density at radius 1 is 0.467 bits per heavy atom. The number of unbranched alkanes of at least 4 members (excludes halogenated alkanes) is 36. The van der Waals surface area contributed by atoms with Crippen LogP contribution in [0.5, 0.6) is 0 Å². The van der Waals surface area contributed by atoms with Gasteiger partial charge in [0.25, 0.3) is 0 Å². The van der Waals surface area contributed by atoms with E-state index in [9.17, 15) is 19.0 Å². The molecule has 0 aromatic rings. The standard InChI is InChI=1S/C65H123N2O7P/c1-7-10-13-16-19-22-25-28-29-30-31-32-33-34-35-36-37-40-43-46-49-52-55-58-65(69)74-63(56-53-50-47-44-41-38-26-23-20-17-14-11-8-2)62(61-73-75(70,71)72-60-59-67(4,5)6)66-64(68)57-54-51-48-45-42-39-27-24-21-18-15-12-9-3/h19,22,28-29,39,42,53,56,62-63H,7-18,20-21,23-27,30-38,40-41,43-52,54-55,57-61H2,1-6H3,(H-,66,68,70,71)/p+1/b22-19-,29-28-,42-39-,56-53-. The number of phosphoric acid groups is 1. The summed E-state index contributed by atoms with van der Waals surface area (Å²) >= 11 is 0. The lowest BCUT2D eigenvalue weighted by molar-refractivity contribution is -0.870. The van der Waals surface area contributed by atoms with Gasteiger partial charge in [-0.25, -0.2) is 4.57 Å². The van der Waals surface area contributed by atoms with E-state index in [0.717, 1.165) is 77.0 Å². The Morgan fingerprint density at radius 3 is 1.25 bits per heavy atom. The Bertz CT molecular complexity index is 1420. The van der Waals surface area contributed by atoms with Gasteiger partial charge in [-0.05, 0) is 89.5 Å². The van der Waals surface area contributed by atoms with Crippen molar-refractivity contribution in [3.05, 3.63) is 48.6 Å². The Hall–Kier alpha value is -2.03. The van der Waals surface area contributed by atoms with Gasteiger partial charge in [0, 0.05) is 12.8 Å². The van der Waals surface area contributed by atoms with Gasteiger partial charge in [-0.2, -0.15) is 0 Å². The molecule has 0 saturated heterocycles. The second-order valence-electron chi connectivity index (χ2n) is 22.9. The van der Waals surface area contributed by atoms with Crippen molar-refractivity contribution >= 4 is 19.7 Å². The van der Waals surface area contributed by atoms with Crippen LogP contribution in [0.3, 0.4) is 0 Å². The highest BCUT2D eigenvalue weighted by atomic mass is 31.2. The minimum atomic E-state index is -4.45. The van der Waals surface area contributed by atoms with E-state index in [0.29, 0.717) is 17.4 Å². The van der Waals surface area contributed by atoms with Gasteiger partial charge in [0.1, 0.15) is 19.3 Å². The van der Waals surface area contributed by atoms with Crippen LogP contribution in [0.15, 0.2) is 48.6 Å². The highest BCUT2D eigenvalue weighted by Gasteiger charge is 2.30. The van der Waals surface area contributed by atoms with Crippen molar-refractivity contribution in [1.82, 2.24) is 5.32 Å². The molecule has 3 unspecified atom stereocenters. The van der Waals surface area contributed by atoms with E-state index in [1.807, 2.05) is 33.3 Å². The number of likely N-dealkylation sites (N-methyl/N-ethyl adjacent to an activating group) is 1. The minimum Gasteiger partial charge on any atom is -0.456 e. The summed E-state index contributed by atoms with van der Waals surface area (Å²) in [5.41, 5.74) is 0. The molecule has 3 atom stereocenters. The summed E-state index contributed by atoms with van der Waals surface area (Å²) < 4.78 is 30.7. The lowest BCUT2D eigenvalue weighted by atomic mass is 10.0. The molecule has 2 N–H and O–H groups in total. The lowest BCUT2D eigenvalue weighted by Gasteiger charge is -2.27. The molecule has 0 saturated carbocycles. The molecule has 0 aliphatic heterocycles. The van der Waals surface area contributed by atoms with E-state index in [-0.39, 0.29) is 31.5 Å². The van der Waals surface area contributed by atoms with Crippen LogP contribution >= 0.6 is 7.82 Å². The zero-order valence-corrected chi connectivity index (χ0v) is 51.2. The van der Waals surface area contributed by atoms with Crippen molar-refractivity contribution in [3.63, 3.8) is 0 Å². The number of phosphoric ester groups is 1. The number of amides is 1. The van der Waals surface area contributed by atoms with Crippen LogP contribution in [0.4, 0.5) is 0 Å². The number of esters is 1. The third-order valence-corrected chi connectivity index (χ3v) is 15.2. The molecule has 0 aromatic carbocycles. The van der Waals surface area contributed by atoms with E-state index in [2.05, 4.69) is 62.5 Å². The predicted octanol–water partition coefficient (Wildman–Crippen LogP) is 19.7. The highest BCUT2D eigenvalue weighted by molar-refractivity contribution is 7.47. The number of ether oxygens (including phenoxy) is 1. The Balaban J connectivity index is 5.17. The highest BCUT2D eigenvalue weighted by Crippen LogP contribution is 2.43. The van der Waals surface area contributed by atoms with Crippen LogP contribution in [-0.2, 0) is 27.9 Å². The second kappa shape index (κ2) is 55.3. The maximum Gasteiger partial charge on any atom is 0.472 e. The molecule has 0 heterocycles. The van der Waals surface area contributed by atoms with Crippen molar-refractivity contribution in [2.75, 3.05) is 40.9 Å². The fraction of sp³-hybridized carbons (Fsp3) is 0.846. The second-order valence-corrected chi connectivity index (χ2v) is 24.4. The van der Waals surface area contributed by atoms with Crippen molar-refractivity contribution < 1.29 is 37.3 Å². The predicted molar refractivity (Wildman–Crippen MR) is 323 cm³/mol. The Morgan fingerprint density at radius 2 is 0.813 bits per heavy atom. The molecular weight excluding hydrogens is 952 g/mol. The van der Waals surface area contributed by atoms with Gasteiger partial charge in [0.05, 0.1) is 33.8 Å². The molecule has 0 aliphatic carbocycles. The fourth-order valence-electron chi connectivity index (χ4n) is 9.26. The molecule has 440 valence electrons. The Labute approximate surface area is 465 Å². The smallest absolute Gasteiger partial charge is 0.456 e. The van der Waals surface area contributed by atoms with Crippen LogP contribution in [0.1, 0.15) is 303 Å². The van der Waals surface area contributed by atoms with Gasteiger partial charge >= 0.3 is 13.8 Å². The summed E-state index contributed by atoms with van der Waals surface area (Å²) in [6.45, 7) is 6.99. The van der Waals surface area contributed by atoms with Gasteiger partial charge in [-0.1, -0.05) is 250 Å². The maximum absolute atomic E-state index is 13.5. The van der Waals surface area contributed by atoms with E-state index in [4.69, 9.17) is 13.8 Å². The number of quaternary nitrogens is 1. The minimum absolute atomic E-state index is 0.0383. The number of hydrogen-bond donors (Lipinski definition) is 2. The van der Waals surface area contributed by atoms with Crippen molar-refractivity contribution in [2.45, 2.75) is 315 Å². The monoisotopic (exact) mass is 1080 g/mol. The molecular formula is C65H124N2O7P+. The van der Waals surface area contributed by atoms with Gasteiger partial charge in [0.15, 0.2) is 0 Å². The molecule has 0 bridgehead atoms. The fourth-order valence-corrected chi connectivity index (χ4v) is 10.00. The number of rotatable bonds is 58. The van der Waals surface area contributed by atoms with Gasteiger partial charge in [0.2, 0.25) is 5.91 Å². The third-order valence-electron chi connectivity index (χ3n) is 14.2. The SMILES string of the molecule is CCCCC/C=C\C/C=C\CCCCCCCCCCCCCCCC(=O)OC(/C=C\CCCCCCCCCCCCC)C(COP(=O)(O)OCC[N+](C)(C)C)NC(=O)CCCCC/C=C\CCCCCCCC. The number of carbonyl (C=O) groups excluding carboxylic acids is 2. The summed E-state index contributed by atoms with van der Waals surface area (Å²) in [5.74, 6) is -0.515. The summed E-state index contributed by atoms with van der Waals surface area (Å²) in [5, 5.41) is 3.05. The van der Waals surface area contributed by atoms with Crippen LogP contribution in [-0.4, -0.2) is 74.3 Å². The first-order valence-corrected chi connectivity index (χ1v) is 33.5. The van der Waals surface area contributed by atoms with Crippen molar-refractivity contribution in [1.29, 1.82) is 0 Å². The third kappa shape index (κ3) is 56.5. The van der Waals surface area contributed by atoms with E-state index < -0.39 is 20.0 Å². The van der Waals surface area contributed by atoms with Crippen LogP contribution in [0.2, 0.25) is 0 Å². The number of carbonyl (C=O) groups is 2. The van der Waals surface area contributed by atoms with Crippen molar-refractivity contribution in [2.24, 2.45) is 0 Å². The average Bonchev–Trinajstić information content (AvgIpc) is 3.37. The van der Waals surface area contributed by atoms with Crippen molar-refractivity contribution in [3.8, 4) is 0 Å². The zero-order valence-electron chi connectivity index (χ0n) is 50.3. The van der Waals surface area contributed by atoms with E-state index >= 15 is 0 Å². The zero-order chi connectivity index (χ0) is 55.0. The topological polar surface area (TPSA) is 111 Å². The van der Waals surface area contributed by atoms with Gasteiger partial charge in [-0.15, -0.1) is 0 Å². The quantitative estimate of drug-likeness (QED) is 0.0205. The largest absolute Gasteiger partial charge is 0.472 e. The lowest BCUT2D eigenvalue weighted by Crippen LogP contribution is -2.47. The molecule has 0 radical (unpaired) electrons. The van der Waals surface area contributed by atoms with E-state index in [1.54, 1.807) is 0 Å². The summed E-state index contributed by atoms with van der Waals surface area (Å²) in [6.07, 6.45) is 68.2. The number of allylic oxidation sites excluding steroid dienone is 7. The molecule has 10 heteroatoms. The summed E-state index contributed by atoms with van der Waals surface area (Å²) in [6, 6.07) is -0.854. The Kier molecular flexibility index (Phi) is 53.8. The molecule has 0 fully saturated rings. The first kappa shape index (κ1) is 73.0. The normalized spacial score (nSPS) is 14.0. The molecule has 0 rings (SSSR count). The molecule has 0 aromatic heterocycles. The number of hydrogen-bond acceptors (Lipinski definition) is 6. The maximum atomic E-state index is 13.5. The molecule has 75 heavy (non-hydrogen) atoms. The molecule has 1 amide bonds. The number of nitrogens with zero attached hydrogens (tertiary/aromatic N) is 1. The first-order chi connectivity index (χ1) is 36.4. The summed E-state index contributed by atoms with van der Waals surface area (Å²) in [4.78, 5) is 37.7. The summed E-state index contributed by atoms with van der Waals surface area (Å²) in [7, 11) is 1.49.